The number of aromatic nitrogens is 1. The van der Waals surface area contributed by atoms with Crippen LogP contribution in [0.2, 0.25) is 0 Å². The first-order valence-corrected chi connectivity index (χ1v) is 8.53. The van der Waals surface area contributed by atoms with E-state index in [-0.39, 0.29) is 5.56 Å². The molecule has 0 atom stereocenters. The van der Waals surface area contributed by atoms with Gasteiger partial charge in [-0.2, -0.15) is 0 Å². The Balaban J connectivity index is 2.11. The van der Waals surface area contributed by atoms with Crippen molar-refractivity contribution in [1.29, 1.82) is 0 Å². The van der Waals surface area contributed by atoms with E-state index < -0.39 is 5.97 Å². The summed E-state index contributed by atoms with van der Waals surface area (Å²) in [6, 6.07) is 24.0. The first kappa shape index (κ1) is 16.8. The Morgan fingerprint density at radius 1 is 0.852 bits per heavy atom. The molecule has 3 aromatic carbocycles. The second-order valence-corrected chi connectivity index (χ2v) is 6.11. The van der Waals surface area contributed by atoms with E-state index in [1.165, 1.54) is 0 Å². The molecule has 0 radical (unpaired) electrons. The fourth-order valence-electron chi connectivity index (χ4n) is 3.27. The number of aromatic carboxylic acids is 1. The summed E-state index contributed by atoms with van der Waals surface area (Å²) in [5, 5.41) is 12.7. The van der Waals surface area contributed by atoms with Gasteiger partial charge in [-0.25, -0.2) is 4.98 Å². The van der Waals surface area contributed by atoms with Crippen LogP contribution >= 0.6 is 0 Å². The van der Waals surface area contributed by atoms with Gasteiger partial charge in [0.25, 0.3) is 0 Å². The van der Waals surface area contributed by atoms with Gasteiger partial charge < -0.3 is 14.6 Å². The molecule has 4 nitrogen and oxygen atoms in total. The number of hydrogen-bond donors (Lipinski definition) is 0. The summed E-state index contributed by atoms with van der Waals surface area (Å²) < 4.78 is 5.23. The van der Waals surface area contributed by atoms with Gasteiger partial charge >= 0.3 is 0 Å². The van der Waals surface area contributed by atoms with Crippen molar-refractivity contribution in [2.45, 2.75) is 0 Å². The lowest BCUT2D eigenvalue weighted by atomic mass is 9.92. The zero-order valence-corrected chi connectivity index (χ0v) is 14.7. The summed E-state index contributed by atoms with van der Waals surface area (Å²) in [5.74, 6) is -0.497. The molecule has 0 bridgehead atoms. The fourth-order valence-corrected chi connectivity index (χ4v) is 3.27. The number of carbonyl (C=O) groups is 1. The topological polar surface area (TPSA) is 62.2 Å². The van der Waals surface area contributed by atoms with E-state index in [4.69, 9.17) is 9.72 Å². The van der Waals surface area contributed by atoms with Crippen LogP contribution in [0.15, 0.2) is 78.9 Å². The van der Waals surface area contributed by atoms with Gasteiger partial charge in [0.2, 0.25) is 0 Å². The highest BCUT2D eigenvalue weighted by atomic mass is 16.5. The van der Waals surface area contributed by atoms with Crippen molar-refractivity contribution >= 4 is 16.9 Å². The van der Waals surface area contributed by atoms with Gasteiger partial charge in [-0.05, 0) is 35.9 Å². The molecule has 0 aliphatic carbocycles. The van der Waals surface area contributed by atoms with Crippen molar-refractivity contribution in [1.82, 2.24) is 4.98 Å². The molecule has 4 rings (SSSR count). The maximum Gasteiger partial charge on any atom is 0.118 e. The Hall–Kier alpha value is -3.66. The zero-order valence-electron chi connectivity index (χ0n) is 14.7. The van der Waals surface area contributed by atoms with Crippen LogP contribution in [-0.4, -0.2) is 18.1 Å². The van der Waals surface area contributed by atoms with E-state index in [0.717, 1.165) is 16.9 Å². The quantitative estimate of drug-likeness (QED) is 0.557. The second kappa shape index (κ2) is 6.92. The summed E-state index contributed by atoms with van der Waals surface area (Å²) in [6.07, 6.45) is 0. The van der Waals surface area contributed by atoms with Gasteiger partial charge in [-0.3, -0.25) is 0 Å². The average molecular weight is 354 g/mol. The number of nitrogens with zero attached hydrogens (tertiary/aromatic N) is 1. The van der Waals surface area contributed by atoms with Gasteiger partial charge in [0.05, 0.1) is 24.3 Å². The van der Waals surface area contributed by atoms with Crippen LogP contribution < -0.4 is 9.84 Å². The summed E-state index contributed by atoms with van der Waals surface area (Å²) in [4.78, 5) is 16.9. The molecule has 132 valence electrons. The van der Waals surface area contributed by atoms with Gasteiger partial charge in [0.15, 0.2) is 0 Å². The number of pyridine rings is 1. The van der Waals surface area contributed by atoms with E-state index in [0.29, 0.717) is 22.2 Å². The molecule has 4 aromatic rings. The van der Waals surface area contributed by atoms with Crippen molar-refractivity contribution in [3.05, 3.63) is 84.4 Å². The molecule has 0 fully saturated rings. The molecule has 0 aliphatic rings. The van der Waals surface area contributed by atoms with Crippen molar-refractivity contribution < 1.29 is 14.6 Å². The van der Waals surface area contributed by atoms with Crippen LogP contribution in [0.5, 0.6) is 5.75 Å². The molecule has 1 aromatic heterocycles. The third kappa shape index (κ3) is 3.02. The molecule has 0 spiro atoms. The molecule has 0 saturated heterocycles. The standard InChI is InChI=1S/C23H17NO3/c1-27-17-13-11-16(12-14-17)22-20(15-7-3-2-4-8-15)21(23(25)26)18-9-5-6-10-19(18)24-22/h2-14H,1H3,(H,25,26)/p-1. The number of fused-ring (bicyclic) bond motifs is 1. The van der Waals surface area contributed by atoms with Crippen molar-refractivity contribution in [3.63, 3.8) is 0 Å². The zero-order chi connectivity index (χ0) is 18.8. The third-order valence-corrected chi connectivity index (χ3v) is 4.52. The first-order chi connectivity index (χ1) is 13.2. The Bertz CT molecular complexity index is 1120. The highest BCUT2D eigenvalue weighted by molar-refractivity contribution is 6.10. The molecule has 0 unspecified atom stereocenters. The lowest BCUT2D eigenvalue weighted by Crippen LogP contribution is -2.24. The lowest BCUT2D eigenvalue weighted by Gasteiger charge is -2.18. The number of para-hydroxylation sites is 1. The molecule has 0 saturated carbocycles. The van der Waals surface area contributed by atoms with E-state index in [2.05, 4.69) is 0 Å². The van der Waals surface area contributed by atoms with E-state index in [9.17, 15) is 9.90 Å². The maximum atomic E-state index is 12.1. The van der Waals surface area contributed by atoms with Gasteiger partial charge in [0.1, 0.15) is 5.75 Å². The highest BCUT2D eigenvalue weighted by Gasteiger charge is 2.18. The second-order valence-electron chi connectivity index (χ2n) is 6.11. The van der Waals surface area contributed by atoms with Crippen molar-refractivity contribution in [3.8, 4) is 28.1 Å². The largest absolute Gasteiger partial charge is 0.545 e. The van der Waals surface area contributed by atoms with E-state index in [1.54, 1.807) is 19.2 Å². The lowest BCUT2D eigenvalue weighted by molar-refractivity contribution is -0.254. The number of carbonyl (C=O) groups excluding carboxylic acids is 1. The number of carboxylic acid groups (broad SMARTS) is 1. The van der Waals surface area contributed by atoms with Crippen LogP contribution in [-0.2, 0) is 0 Å². The van der Waals surface area contributed by atoms with Crippen LogP contribution in [0, 0.1) is 0 Å². The minimum absolute atomic E-state index is 0.151. The number of ether oxygens (including phenoxy) is 1. The number of rotatable bonds is 4. The normalized spacial score (nSPS) is 10.7. The predicted octanol–water partition coefficient (Wildman–Crippen LogP) is 3.94. The molecular weight excluding hydrogens is 338 g/mol. The van der Waals surface area contributed by atoms with Gasteiger partial charge in [0, 0.05) is 22.1 Å². The number of hydrogen-bond acceptors (Lipinski definition) is 4. The van der Waals surface area contributed by atoms with Crippen LogP contribution in [0.4, 0.5) is 0 Å². The predicted molar refractivity (Wildman–Crippen MR) is 103 cm³/mol. The van der Waals surface area contributed by atoms with E-state index in [1.807, 2.05) is 66.7 Å². The fraction of sp³-hybridized carbons (Fsp3) is 0.0435. The Labute approximate surface area is 156 Å². The Morgan fingerprint density at radius 2 is 1.52 bits per heavy atom. The summed E-state index contributed by atoms with van der Waals surface area (Å²) in [7, 11) is 1.60. The van der Waals surface area contributed by atoms with Gasteiger partial charge in [-0.1, -0.05) is 48.5 Å². The highest BCUT2D eigenvalue weighted by Crippen LogP contribution is 2.37. The summed E-state index contributed by atoms with van der Waals surface area (Å²) in [6.45, 7) is 0. The van der Waals surface area contributed by atoms with Crippen molar-refractivity contribution in [2.75, 3.05) is 7.11 Å². The molecule has 4 heteroatoms. The molecular formula is C23H16NO3-. The summed E-state index contributed by atoms with van der Waals surface area (Å²) in [5.41, 5.74) is 3.50. The molecule has 1 heterocycles. The first-order valence-electron chi connectivity index (χ1n) is 8.53. The SMILES string of the molecule is COc1ccc(-c2nc3ccccc3c(C(=O)[O-])c2-c2ccccc2)cc1. The average Bonchev–Trinajstić information content (AvgIpc) is 2.73. The number of benzene rings is 3. The monoisotopic (exact) mass is 354 g/mol. The number of methoxy groups -OCH3 is 1. The Morgan fingerprint density at radius 3 is 2.19 bits per heavy atom. The maximum absolute atomic E-state index is 12.1. The molecule has 0 amide bonds. The van der Waals surface area contributed by atoms with Crippen LogP contribution in [0.1, 0.15) is 10.4 Å². The molecule has 27 heavy (non-hydrogen) atoms. The minimum Gasteiger partial charge on any atom is -0.545 e. The third-order valence-electron chi connectivity index (χ3n) is 4.52. The molecule has 0 aliphatic heterocycles. The minimum atomic E-state index is -1.22. The summed E-state index contributed by atoms with van der Waals surface area (Å²) >= 11 is 0. The van der Waals surface area contributed by atoms with Crippen LogP contribution in [0.3, 0.4) is 0 Å². The Kier molecular flexibility index (Phi) is 4.30. The van der Waals surface area contributed by atoms with Crippen molar-refractivity contribution in [2.24, 2.45) is 0 Å². The van der Waals surface area contributed by atoms with E-state index >= 15 is 0 Å². The molecule has 0 N–H and O–H groups in total. The number of carboxylic acids is 1. The van der Waals surface area contributed by atoms with Crippen LogP contribution in [0.25, 0.3) is 33.3 Å². The smallest absolute Gasteiger partial charge is 0.118 e. The van der Waals surface area contributed by atoms with Gasteiger partial charge in [-0.15, -0.1) is 0 Å².